The molecule has 0 saturated heterocycles. The van der Waals surface area contributed by atoms with Gasteiger partial charge in [0.05, 0.1) is 12.0 Å². The molecule has 2 heterocycles. The zero-order chi connectivity index (χ0) is 28.1. The average molecular weight is 541 g/mol. The molecule has 1 aliphatic heterocycles. The molecule has 0 spiro atoms. The summed E-state index contributed by atoms with van der Waals surface area (Å²) in [5, 5.41) is 15.8. The molecule has 9 heteroatoms. The first-order valence-electron chi connectivity index (χ1n) is 14.0. The van der Waals surface area contributed by atoms with Crippen LogP contribution in [-0.4, -0.2) is 78.4 Å². The van der Waals surface area contributed by atoms with Crippen molar-refractivity contribution in [2.45, 2.75) is 70.4 Å². The van der Waals surface area contributed by atoms with Crippen molar-refractivity contribution >= 4 is 17.7 Å². The Kier molecular flexibility index (Phi) is 12.0. The summed E-state index contributed by atoms with van der Waals surface area (Å²) in [6.45, 7) is 7.06. The number of rotatable bonds is 17. The van der Waals surface area contributed by atoms with Gasteiger partial charge in [0.15, 0.2) is 0 Å². The Hall–Kier alpha value is -3.17. The van der Waals surface area contributed by atoms with E-state index in [1.165, 1.54) is 12.7 Å². The van der Waals surface area contributed by atoms with Gasteiger partial charge in [-0.05, 0) is 82.7 Å². The standard InChI is InChI=1S/C30H44N4O5/c1-30(2,38-3)22-27(35)33-26(29(36)37)16-19-34(20-21-39-25-12-5-4-6-13-25)18-8-7-11-24-15-14-23-10-9-17-31-28(23)32-24/h4-6,12-15,26H,7-11,16-22H2,1-3H3,(H,31,32)(H,33,35)(H,36,37)/t26-/m0/s1. The lowest BCUT2D eigenvalue weighted by atomic mass is 10.0. The number of benzene rings is 1. The van der Waals surface area contributed by atoms with Crippen molar-refractivity contribution in [3.63, 3.8) is 0 Å². The van der Waals surface area contributed by atoms with Gasteiger partial charge >= 0.3 is 5.97 Å². The van der Waals surface area contributed by atoms with E-state index in [-0.39, 0.29) is 12.3 Å². The molecule has 0 fully saturated rings. The van der Waals surface area contributed by atoms with Crippen LogP contribution in [0.25, 0.3) is 0 Å². The van der Waals surface area contributed by atoms with Gasteiger partial charge in [-0.25, -0.2) is 9.78 Å². The van der Waals surface area contributed by atoms with E-state index >= 15 is 0 Å². The molecule has 214 valence electrons. The summed E-state index contributed by atoms with van der Waals surface area (Å²) in [5.41, 5.74) is 1.73. The smallest absolute Gasteiger partial charge is 0.326 e. The highest BCUT2D eigenvalue weighted by atomic mass is 16.5. The molecule has 0 radical (unpaired) electrons. The number of pyridine rings is 1. The third kappa shape index (κ3) is 10.8. The van der Waals surface area contributed by atoms with Gasteiger partial charge in [-0.2, -0.15) is 0 Å². The van der Waals surface area contributed by atoms with Gasteiger partial charge < -0.3 is 25.2 Å². The molecule has 3 rings (SSSR count). The molecule has 0 saturated carbocycles. The number of ether oxygens (including phenoxy) is 2. The van der Waals surface area contributed by atoms with Crippen molar-refractivity contribution in [3.8, 4) is 5.75 Å². The molecule has 1 atom stereocenters. The summed E-state index contributed by atoms with van der Waals surface area (Å²) in [6.07, 6.45) is 5.45. The fourth-order valence-electron chi connectivity index (χ4n) is 4.57. The number of carbonyl (C=O) groups excluding carboxylic acids is 1. The third-order valence-electron chi connectivity index (χ3n) is 7.03. The van der Waals surface area contributed by atoms with Gasteiger partial charge in [-0.1, -0.05) is 24.3 Å². The number of para-hydroxylation sites is 1. The minimum Gasteiger partial charge on any atom is -0.492 e. The highest BCUT2D eigenvalue weighted by Crippen LogP contribution is 2.20. The number of aromatic nitrogens is 1. The molecular weight excluding hydrogens is 496 g/mol. The van der Waals surface area contributed by atoms with Gasteiger partial charge in [0.1, 0.15) is 24.2 Å². The van der Waals surface area contributed by atoms with Gasteiger partial charge in [0.2, 0.25) is 5.91 Å². The lowest BCUT2D eigenvalue weighted by molar-refractivity contribution is -0.143. The second-order valence-corrected chi connectivity index (χ2v) is 10.7. The second-order valence-electron chi connectivity index (χ2n) is 10.7. The number of aryl methyl sites for hydroxylation is 2. The SMILES string of the molecule is COC(C)(C)CC(=O)N[C@@H](CCN(CCCCc1ccc2c(n1)NCCC2)CCOc1ccccc1)C(=O)O. The summed E-state index contributed by atoms with van der Waals surface area (Å²) >= 11 is 0. The predicted molar refractivity (Wildman–Crippen MR) is 152 cm³/mol. The first kappa shape index (κ1) is 30.4. The monoisotopic (exact) mass is 540 g/mol. The van der Waals surface area contributed by atoms with Crippen LogP contribution in [-0.2, 0) is 27.2 Å². The number of aliphatic carboxylic acids is 1. The van der Waals surface area contributed by atoms with Crippen LogP contribution in [0.5, 0.6) is 5.75 Å². The average Bonchev–Trinajstić information content (AvgIpc) is 2.92. The van der Waals surface area contributed by atoms with E-state index in [2.05, 4.69) is 27.7 Å². The van der Waals surface area contributed by atoms with Crippen molar-refractivity contribution in [1.29, 1.82) is 0 Å². The van der Waals surface area contributed by atoms with Crippen LogP contribution >= 0.6 is 0 Å². The summed E-state index contributed by atoms with van der Waals surface area (Å²) in [5.74, 6) is 0.460. The maximum Gasteiger partial charge on any atom is 0.326 e. The number of hydrogen-bond acceptors (Lipinski definition) is 7. The number of anilines is 1. The fraction of sp³-hybridized carbons (Fsp3) is 0.567. The zero-order valence-corrected chi connectivity index (χ0v) is 23.6. The van der Waals surface area contributed by atoms with Gasteiger partial charge in [0.25, 0.3) is 0 Å². The van der Waals surface area contributed by atoms with Gasteiger partial charge in [0, 0.05) is 32.4 Å². The maximum absolute atomic E-state index is 12.4. The largest absolute Gasteiger partial charge is 0.492 e. The van der Waals surface area contributed by atoms with Crippen LogP contribution in [0.3, 0.4) is 0 Å². The Morgan fingerprint density at radius 1 is 1.13 bits per heavy atom. The van der Waals surface area contributed by atoms with E-state index in [1.54, 1.807) is 13.8 Å². The molecular formula is C30H44N4O5. The zero-order valence-electron chi connectivity index (χ0n) is 23.6. The summed E-state index contributed by atoms with van der Waals surface area (Å²) in [7, 11) is 1.54. The van der Waals surface area contributed by atoms with E-state index in [0.29, 0.717) is 26.1 Å². The lowest BCUT2D eigenvalue weighted by Gasteiger charge is -2.26. The van der Waals surface area contributed by atoms with Gasteiger partial charge in [-0.15, -0.1) is 0 Å². The molecule has 1 amide bonds. The van der Waals surface area contributed by atoms with Crippen LogP contribution in [0, 0.1) is 0 Å². The molecule has 2 aromatic rings. The number of amides is 1. The van der Waals surface area contributed by atoms with Crippen molar-refractivity contribution in [3.05, 3.63) is 53.7 Å². The molecule has 9 nitrogen and oxygen atoms in total. The first-order chi connectivity index (χ1) is 18.8. The summed E-state index contributed by atoms with van der Waals surface area (Å²) < 4.78 is 11.2. The summed E-state index contributed by atoms with van der Waals surface area (Å²) in [6, 6.07) is 13.0. The topological polar surface area (TPSA) is 113 Å². The third-order valence-corrected chi connectivity index (χ3v) is 7.03. The molecule has 3 N–H and O–H groups in total. The minimum absolute atomic E-state index is 0.0914. The van der Waals surface area contributed by atoms with E-state index in [4.69, 9.17) is 14.5 Å². The molecule has 0 unspecified atom stereocenters. The number of nitrogens with one attached hydrogen (secondary N) is 2. The molecule has 1 aromatic carbocycles. The Morgan fingerprint density at radius 2 is 1.92 bits per heavy atom. The number of fused-ring (bicyclic) bond motifs is 1. The second kappa shape index (κ2) is 15.4. The Morgan fingerprint density at radius 3 is 2.67 bits per heavy atom. The van der Waals surface area contributed by atoms with E-state index in [1.807, 2.05) is 30.3 Å². The van der Waals surface area contributed by atoms with Crippen molar-refractivity contribution in [2.24, 2.45) is 0 Å². The number of hydrogen-bond donors (Lipinski definition) is 3. The number of carbonyl (C=O) groups is 2. The number of nitrogens with zero attached hydrogens (tertiary/aromatic N) is 2. The highest BCUT2D eigenvalue weighted by molar-refractivity contribution is 5.84. The van der Waals surface area contributed by atoms with Crippen LogP contribution in [0.1, 0.15) is 57.2 Å². The van der Waals surface area contributed by atoms with Crippen molar-refractivity contribution in [1.82, 2.24) is 15.2 Å². The number of carboxylic acids is 1. The van der Waals surface area contributed by atoms with E-state index in [9.17, 15) is 14.7 Å². The van der Waals surface area contributed by atoms with Crippen molar-refractivity contribution < 1.29 is 24.2 Å². The minimum atomic E-state index is -1.04. The normalized spacial score (nSPS) is 13.8. The van der Waals surface area contributed by atoms with Crippen LogP contribution in [0.15, 0.2) is 42.5 Å². The van der Waals surface area contributed by atoms with Crippen LogP contribution in [0.2, 0.25) is 0 Å². The predicted octanol–water partition coefficient (Wildman–Crippen LogP) is 3.92. The molecule has 0 bridgehead atoms. The Labute approximate surface area is 232 Å². The van der Waals surface area contributed by atoms with E-state index in [0.717, 1.165) is 62.5 Å². The van der Waals surface area contributed by atoms with Gasteiger partial charge in [-0.3, -0.25) is 9.69 Å². The lowest BCUT2D eigenvalue weighted by Crippen LogP contribution is -2.45. The highest BCUT2D eigenvalue weighted by Gasteiger charge is 2.26. The Bertz CT molecular complexity index is 1050. The Balaban J connectivity index is 1.51. The van der Waals surface area contributed by atoms with Crippen LogP contribution < -0.4 is 15.4 Å². The quantitative estimate of drug-likeness (QED) is 0.259. The van der Waals surface area contributed by atoms with E-state index < -0.39 is 17.6 Å². The molecule has 1 aromatic heterocycles. The maximum atomic E-state index is 12.4. The summed E-state index contributed by atoms with van der Waals surface area (Å²) in [4.78, 5) is 31.3. The molecule has 0 aliphatic carbocycles. The fourth-order valence-corrected chi connectivity index (χ4v) is 4.57. The number of methoxy groups -OCH3 is 1. The first-order valence-corrected chi connectivity index (χ1v) is 14.0. The molecule has 39 heavy (non-hydrogen) atoms. The number of carboxylic acid groups (broad SMARTS) is 1. The van der Waals surface area contributed by atoms with Crippen LogP contribution in [0.4, 0.5) is 5.82 Å². The number of unbranched alkanes of at least 4 members (excludes halogenated alkanes) is 1. The van der Waals surface area contributed by atoms with Crippen molar-refractivity contribution in [2.75, 3.05) is 45.2 Å². The molecule has 1 aliphatic rings.